The molecule has 1 aromatic heterocycles. The summed E-state index contributed by atoms with van der Waals surface area (Å²) in [6.07, 6.45) is 1.85. The van der Waals surface area contributed by atoms with Crippen molar-refractivity contribution in [3.63, 3.8) is 0 Å². The molecule has 0 bridgehead atoms. The molecule has 0 radical (unpaired) electrons. The maximum absolute atomic E-state index is 11.7. The number of hydrogen-bond acceptors (Lipinski definition) is 4. The Morgan fingerprint density at radius 1 is 1.15 bits per heavy atom. The van der Waals surface area contributed by atoms with E-state index in [-0.39, 0.29) is 19.0 Å². The van der Waals surface area contributed by atoms with E-state index < -0.39 is 0 Å². The Bertz CT molecular complexity index is 537. The average molecular weight is 271 g/mol. The predicted molar refractivity (Wildman–Crippen MR) is 75.3 cm³/mol. The molecule has 1 heterocycles. The molecular formula is C16H17NO3. The number of aromatic nitrogens is 1. The first-order valence-corrected chi connectivity index (χ1v) is 6.55. The number of benzene rings is 1. The molecule has 4 heteroatoms. The summed E-state index contributed by atoms with van der Waals surface area (Å²) in [5, 5.41) is 0. The van der Waals surface area contributed by atoms with Gasteiger partial charge in [-0.1, -0.05) is 18.2 Å². The quantitative estimate of drug-likeness (QED) is 0.758. The highest BCUT2D eigenvalue weighted by molar-refractivity contribution is 5.71. The van der Waals surface area contributed by atoms with Gasteiger partial charge in [0.15, 0.2) is 0 Å². The smallest absolute Gasteiger partial charge is 0.312 e. The monoisotopic (exact) mass is 271 g/mol. The van der Waals surface area contributed by atoms with E-state index in [0.29, 0.717) is 12.3 Å². The molecule has 0 N–H and O–H groups in total. The molecule has 0 aliphatic carbocycles. The van der Waals surface area contributed by atoms with Crippen LogP contribution in [-0.2, 0) is 22.6 Å². The molecule has 0 amide bonds. The molecule has 0 saturated carbocycles. The normalized spacial score (nSPS) is 10.1. The van der Waals surface area contributed by atoms with Crippen LogP contribution in [-0.4, -0.2) is 17.6 Å². The van der Waals surface area contributed by atoms with Gasteiger partial charge in [0.05, 0.1) is 18.7 Å². The van der Waals surface area contributed by atoms with E-state index in [1.54, 1.807) is 12.3 Å². The minimum Gasteiger partial charge on any atom is -0.494 e. The van der Waals surface area contributed by atoms with Gasteiger partial charge in [0.2, 0.25) is 0 Å². The summed E-state index contributed by atoms with van der Waals surface area (Å²) in [6.45, 7) is 2.84. The summed E-state index contributed by atoms with van der Waals surface area (Å²) in [6, 6.07) is 13.0. The molecule has 0 atom stereocenters. The van der Waals surface area contributed by atoms with Gasteiger partial charge in [-0.15, -0.1) is 0 Å². The molecule has 20 heavy (non-hydrogen) atoms. The number of rotatable bonds is 6. The zero-order valence-corrected chi connectivity index (χ0v) is 11.4. The fourth-order valence-electron chi connectivity index (χ4n) is 1.71. The van der Waals surface area contributed by atoms with Crippen molar-refractivity contribution in [1.82, 2.24) is 4.98 Å². The van der Waals surface area contributed by atoms with E-state index in [9.17, 15) is 4.79 Å². The summed E-state index contributed by atoms with van der Waals surface area (Å²) in [5.41, 5.74) is 1.65. The van der Waals surface area contributed by atoms with Crippen molar-refractivity contribution in [1.29, 1.82) is 0 Å². The van der Waals surface area contributed by atoms with Gasteiger partial charge in [-0.2, -0.15) is 0 Å². The second kappa shape index (κ2) is 7.28. The van der Waals surface area contributed by atoms with Crippen LogP contribution in [0.2, 0.25) is 0 Å². The van der Waals surface area contributed by atoms with Crippen LogP contribution in [0.1, 0.15) is 18.2 Å². The largest absolute Gasteiger partial charge is 0.494 e. The number of carbonyl (C=O) groups excluding carboxylic acids is 1. The zero-order chi connectivity index (χ0) is 14.2. The predicted octanol–water partition coefficient (Wildman–Crippen LogP) is 2.77. The first-order valence-electron chi connectivity index (χ1n) is 6.55. The standard InChI is InChI=1S/C16H17NO3/c1-2-19-15-8-6-13(7-9-15)12-20-16(18)11-14-5-3-4-10-17-14/h3-10H,2,11-12H2,1H3. The van der Waals surface area contributed by atoms with E-state index in [0.717, 1.165) is 11.3 Å². The van der Waals surface area contributed by atoms with Gasteiger partial charge in [0.1, 0.15) is 12.4 Å². The average Bonchev–Trinajstić information content (AvgIpc) is 2.48. The molecule has 0 saturated heterocycles. The Morgan fingerprint density at radius 3 is 2.60 bits per heavy atom. The number of carbonyl (C=O) groups is 1. The van der Waals surface area contributed by atoms with Crippen LogP contribution >= 0.6 is 0 Å². The SMILES string of the molecule is CCOc1ccc(COC(=O)Cc2ccccn2)cc1. The van der Waals surface area contributed by atoms with Crippen molar-refractivity contribution in [2.24, 2.45) is 0 Å². The minimum absolute atomic E-state index is 0.192. The first kappa shape index (κ1) is 14.1. The zero-order valence-electron chi connectivity index (χ0n) is 11.4. The van der Waals surface area contributed by atoms with Crippen molar-refractivity contribution in [3.8, 4) is 5.75 Å². The molecule has 4 nitrogen and oxygen atoms in total. The third-order valence-corrected chi connectivity index (χ3v) is 2.69. The van der Waals surface area contributed by atoms with Gasteiger partial charge in [0, 0.05) is 6.20 Å². The Balaban J connectivity index is 1.81. The third-order valence-electron chi connectivity index (χ3n) is 2.69. The molecule has 0 spiro atoms. The van der Waals surface area contributed by atoms with Crippen molar-refractivity contribution < 1.29 is 14.3 Å². The van der Waals surface area contributed by atoms with E-state index in [1.807, 2.05) is 43.3 Å². The fourth-order valence-corrected chi connectivity index (χ4v) is 1.71. The van der Waals surface area contributed by atoms with Gasteiger partial charge < -0.3 is 9.47 Å². The lowest BCUT2D eigenvalue weighted by atomic mass is 10.2. The van der Waals surface area contributed by atoms with Crippen LogP contribution in [0.5, 0.6) is 5.75 Å². The summed E-state index contributed by atoms with van der Waals surface area (Å²) in [5.74, 6) is 0.536. The van der Waals surface area contributed by atoms with E-state index in [2.05, 4.69) is 4.98 Å². The number of esters is 1. The van der Waals surface area contributed by atoms with Crippen LogP contribution in [0.15, 0.2) is 48.7 Å². The lowest BCUT2D eigenvalue weighted by Gasteiger charge is -2.06. The van der Waals surface area contributed by atoms with E-state index >= 15 is 0 Å². The molecule has 0 unspecified atom stereocenters. The molecule has 2 rings (SSSR count). The Labute approximate surface area is 118 Å². The van der Waals surface area contributed by atoms with Gasteiger partial charge in [-0.25, -0.2) is 0 Å². The van der Waals surface area contributed by atoms with Crippen LogP contribution < -0.4 is 4.74 Å². The number of nitrogens with zero attached hydrogens (tertiary/aromatic N) is 1. The number of ether oxygens (including phenoxy) is 2. The van der Waals surface area contributed by atoms with Crippen LogP contribution in [0.25, 0.3) is 0 Å². The second-order valence-corrected chi connectivity index (χ2v) is 4.24. The molecule has 2 aromatic rings. The molecule has 0 aliphatic heterocycles. The molecular weight excluding hydrogens is 254 g/mol. The molecule has 0 aliphatic rings. The Hall–Kier alpha value is -2.36. The van der Waals surface area contributed by atoms with E-state index in [4.69, 9.17) is 9.47 Å². The number of hydrogen-bond donors (Lipinski definition) is 0. The van der Waals surface area contributed by atoms with Gasteiger partial charge in [-0.3, -0.25) is 9.78 Å². The Morgan fingerprint density at radius 2 is 1.95 bits per heavy atom. The van der Waals surface area contributed by atoms with Crippen molar-refractivity contribution in [3.05, 3.63) is 59.9 Å². The van der Waals surface area contributed by atoms with Crippen molar-refractivity contribution >= 4 is 5.97 Å². The van der Waals surface area contributed by atoms with Crippen molar-refractivity contribution in [2.75, 3.05) is 6.61 Å². The maximum Gasteiger partial charge on any atom is 0.312 e. The van der Waals surface area contributed by atoms with E-state index in [1.165, 1.54) is 0 Å². The highest BCUT2D eigenvalue weighted by Crippen LogP contribution is 2.13. The molecule has 0 fully saturated rings. The molecule has 1 aromatic carbocycles. The third kappa shape index (κ3) is 4.39. The second-order valence-electron chi connectivity index (χ2n) is 4.24. The summed E-state index contributed by atoms with van der Waals surface area (Å²) >= 11 is 0. The lowest BCUT2D eigenvalue weighted by Crippen LogP contribution is -2.08. The van der Waals surface area contributed by atoms with Crippen LogP contribution in [0.3, 0.4) is 0 Å². The lowest BCUT2D eigenvalue weighted by molar-refractivity contribution is -0.144. The molecule has 104 valence electrons. The van der Waals surface area contributed by atoms with Gasteiger partial charge in [-0.05, 0) is 36.8 Å². The summed E-state index contributed by atoms with van der Waals surface area (Å²) < 4.78 is 10.6. The first-order chi connectivity index (χ1) is 9.78. The highest BCUT2D eigenvalue weighted by atomic mass is 16.5. The topological polar surface area (TPSA) is 48.4 Å². The van der Waals surface area contributed by atoms with Gasteiger partial charge >= 0.3 is 5.97 Å². The van der Waals surface area contributed by atoms with Crippen LogP contribution in [0, 0.1) is 0 Å². The highest BCUT2D eigenvalue weighted by Gasteiger charge is 2.06. The number of pyridine rings is 1. The van der Waals surface area contributed by atoms with Crippen molar-refractivity contribution in [2.45, 2.75) is 20.0 Å². The summed E-state index contributed by atoms with van der Waals surface area (Å²) in [7, 11) is 0. The maximum atomic E-state index is 11.7. The fraction of sp³-hybridized carbons (Fsp3) is 0.250. The summed E-state index contributed by atoms with van der Waals surface area (Å²) in [4.78, 5) is 15.8. The van der Waals surface area contributed by atoms with Crippen LogP contribution in [0.4, 0.5) is 0 Å². The minimum atomic E-state index is -0.280. The Kier molecular flexibility index (Phi) is 5.12. The van der Waals surface area contributed by atoms with Gasteiger partial charge in [0.25, 0.3) is 0 Å².